The molecule has 1 fully saturated rings. The van der Waals surface area contributed by atoms with Crippen LogP contribution < -0.4 is 5.32 Å². The van der Waals surface area contributed by atoms with Crippen molar-refractivity contribution in [3.8, 4) is 0 Å². The van der Waals surface area contributed by atoms with Crippen molar-refractivity contribution in [1.82, 2.24) is 10.3 Å². The molecule has 1 heterocycles. The molecule has 0 saturated heterocycles. The summed E-state index contributed by atoms with van der Waals surface area (Å²) in [6.45, 7) is 0.800. The smallest absolute Gasteiger partial charge is 0.269 e. The Morgan fingerprint density at radius 1 is 1.42 bits per heavy atom. The highest BCUT2D eigenvalue weighted by Crippen LogP contribution is 2.29. The summed E-state index contributed by atoms with van der Waals surface area (Å²) < 4.78 is 0. The van der Waals surface area contributed by atoms with Gasteiger partial charge >= 0.3 is 0 Å². The van der Waals surface area contributed by atoms with Gasteiger partial charge in [0.25, 0.3) is 5.91 Å². The summed E-state index contributed by atoms with van der Waals surface area (Å²) in [5.41, 5.74) is 0.337. The van der Waals surface area contributed by atoms with Crippen molar-refractivity contribution in [3.63, 3.8) is 0 Å². The van der Waals surface area contributed by atoms with Crippen molar-refractivity contribution in [2.45, 2.75) is 25.7 Å². The first-order valence-corrected chi connectivity index (χ1v) is 7.09. The molecule has 19 heavy (non-hydrogen) atoms. The van der Waals surface area contributed by atoms with Gasteiger partial charge in [0.1, 0.15) is 5.69 Å². The van der Waals surface area contributed by atoms with Crippen LogP contribution in [-0.4, -0.2) is 29.1 Å². The van der Waals surface area contributed by atoms with Gasteiger partial charge in [-0.15, -0.1) is 0 Å². The molecule has 2 N–H and O–H groups in total. The fourth-order valence-corrected chi connectivity index (χ4v) is 2.80. The van der Waals surface area contributed by atoms with Crippen LogP contribution in [0.15, 0.2) is 18.3 Å². The van der Waals surface area contributed by atoms with Gasteiger partial charge < -0.3 is 10.4 Å². The first-order valence-electron chi connectivity index (χ1n) is 6.71. The molecule has 2 atom stereocenters. The maximum atomic E-state index is 11.9. The average molecular weight is 283 g/mol. The number of carbonyl (C=O) groups is 1. The maximum Gasteiger partial charge on any atom is 0.269 e. The molecule has 2 unspecified atom stereocenters. The Kier molecular flexibility index (Phi) is 5.16. The largest absolute Gasteiger partial charge is 0.396 e. The Morgan fingerprint density at radius 3 is 2.84 bits per heavy atom. The van der Waals surface area contributed by atoms with Crippen molar-refractivity contribution in [2.75, 3.05) is 13.2 Å². The van der Waals surface area contributed by atoms with Crippen LogP contribution >= 0.6 is 11.6 Å². The zero-order valence-electron chi connectivity index (χ0n) is 10.8. The number of nitrogens with one attached hydrogen (secondary N) is 1. The third kappa shape index (κ3) is 3.91. The van der Waals surface area contributed by atoms with E-state index >= 15 is 0 Å². The minimum Gasteiger partial charge on any atom is -0.396 e. The van der Waals surface area contributed by atoms with E-state index < -0.39 is 0 Å². The van der Waals surface area contributed by atoms with Crippen molar-refractivity contribution in [2.24, 2.45) is 11.8 Å². The summed E-state index contributed by atoms with van der Waals surface area (Å²) in [6, 6.07) is 3.20. The third-order valence-corrected chi connectivity index (χ3v) is 4.02. The van der Waals surface area contributed by atoms with Crippen molar-refractivity contribution >= 4 is 17.5 Å². The number of carbonyl (C=O) groups excluding carboxylic acids is 1. The molecular weight excluding hydrogens is 264 g/mol. The number of aliphatic hydroxyl groups is 1. The lowest BCUT2D eigenvalue weighted by Gasteiger charge is -2.30. The quantitative estimate of drug-likeness (QED) is 0.890. The topological polar surface area (TPSA) is 62.2 Å². The van der Waals surface area contributed by atoms with Crippen LogP contribution in [0, 0.1) is 11.8 Å². The molecule has 0 aliphatic heterocycles. The minimum absolute atomic E-state index is 0.204. The molecule has 4 nitrogen and oxygen atoms in total. The predicted molar refractivity (Wildman–Crippen MR) is 74.1 cm³/mol. The zero-order valence-corrected chi connectivity index (χ0v) is 11.6. The van der Waals surface area contributed by atoms with Gasteiger partial charge in [0.2, 0.25) is 0 Å². The summed E-state index contributed by atoms with van der Waals surface area (Å²) in [5.74, 6) is 0.466. The molecule has 0 radical (unpaired) electrons. The van der Waals surface area contributed by atoms with E-state index in [0.717, 1.165) is 12.8 Å². The number of amides is 1. The molecule has 0 spiro atoms. The van der Waals surface area contributed by atoms with E-state index in [1.54, 1.807) is 12.1 Å². The van der Waals surface area contributed by atoms with Gasteiger partial charge in [0.15, 0.2) is 0 Å². The van der Waals surface area contributed by atoms with Crippen LogP contribution in [-0.2, 0) is 0 Å². The molecule has 5 heteroatoms. The molecule has 1 aromatic heterocycles. The summed E-state index contributed by atoms with van der Waals surface area (Å²) in [6.07, 6.45) is 5.98. The van der Waals surface area contributed by atoms with E-state index in [4.69, 9.17) is 11.6 Å². The van der Waals surface area contributed by atoms with E-state index in [9.17, 15) is 9.90 Å². The first-order chi connectivity index (χ1) is 9.20. The van der Waals surface area contributed by atoms with Crippen LogP contribution in [0.3, 0.4) is 0 Å². The number of aliphatic hydroxyl groups excluding tert-OH is 1. The van der Waals surface area contributed by atoms with Gasteiger partial charge in [-0.2, -0.15) is 0 Å². The number of aromatic nitrogens is 1. The normalized spacial score (nSPS) is 23.1. The molecule has 0 aromatic carbocycles. The molecular formula is C14H19ClN2O2. The highest BCUT2D eigenvalue weighted by Gasteiger charge is 2.24. The highest BCUT2D eigenvalue weighted by atomic mass is 35.5. The second-order valence-corrected chi connectivity index (χ2v) is 5.49. The number of rotatable bonds is 4. The van der Waals surface area contributed by atoms with Gasteiger partial charge in [-0.25, -0.2) is 0 Å². The Bertz CT molecular complexity index is 439. The minimum atomic E-state index is -0.204. The molecule has 1 aromatic rings. The SMILES string of the molecule is O=C(NCC1CCCCC1CO)c1cc(Cl)ccn1. The third-order valence-electron chi connectivity index (χ3n) is 3.78. The lowest BCUT2D eigenvalue weighted by atomic mass is 9.79. The molecule has 1 aliphatic rings. The van der Waals surface area contributed by atoms with E-state index in [0.29, 0.717) is 29.1 Å². The van der Waals surface area contributed by atoms with Crippen molar-refractivity contribution in [1.29, 1.82) is 0 Å². The second-order valence-electron chi connectivity index (χ2n) is 5.06. The summed E-state index contributed by atoms with van der Waals surface area (Å²) in [7, 11) is 0. The summed E-state index contributed by atoms with van der Waals surface area (Å²) in [4.78, 5) is 15.9. The van der Waals surface area contributed by atoms with Gasteiger partial charge in [-0.1, -0.05) is 24.4 Å². The predicted octanol–water partition coefficient (Wildman–Crippen LogP) is 2.26. The second kappa shape index (κ2) is 6.87. The fourth-order valence-electron chi connectivity index (χ4n) is 2.64. The van der Waals surface area contributed by atoms with E-state index in [1.807, 2.05) is 0 Å². The molecule has 2 rings (SSSR count). The molecule has 1 amide bonds. The Hall–Kier alpha value is -1.13. The van der Waals surface area contributed by atoms with Crippen molar-refractivity contribution < 1.29 is 9.90 Å². The maximum absolute atomic E-state index is 11.9. The number of nitrogens with zero attached hydrogens (tertiary/aromatic N) is 1. The summed E-state index contributed by atoms with van der Waals surface area (Å²) in [5, 5.41) is 12.7. The van der Waals surface area contributed by atoms with Gasteiger partial charge in [0, 0.05) is 24.4 Å². The number of hydrogen-bond acceptors (Lipinski definition) is 3. The number of pyridine rings is 1. The standard InChI is InChI=1S/C14H19ClN2O2/c15-12-5-6-16-13(7-12)14(19)17-8-10-3-1-2-4-11(10)9-18/h5-7,10-11,18H,1-4,8-9H2,(H,17,19). The number of hydrogen-bond donors (Lipinski definition) is 2. The Labute approximate surface area is 118 Å². The van der Waals surface area contributed by atoms with Crippen LogP contribution in [0.1, 0.15) is 36.2 Å². The first kappa shape index (κ1) is 14.3. The van der Waals surface area contributed by atoms with Gasteiger partial charge in [-0.05, 0) is 36.8 Å². The van der Waals surface area contributed by atoms with E-state index in [1.165, 1.54) is 19.0 Å². The van der Waals surface area contributed by atoms with Crippen LogP contribution in [0.25, 0.3) is 0 Å². The van der Waals surface area contributed by atoms with Gasteiger partial charge in [0.05, 0.1) is 0 Å². The van der Waals surface area contributed by atoms with E-state index in [2.05, 4.69) is 10.3 Å². The lowest BCUT2D eigenvalue weighted by Crippen LogP contribution is -2.35. The monoisotopic (exact) mass is 282 g/mol. The van der Waals surface area contributed by atoms with Crippen LogP contribution in [0.4, 0.5) is 0 Å². The molecule has 0 bridgehead atoms. The summed E-state index contributed by atoms with van der Waals surface area (Å²) >= 11 is 5.83. The van der Waals surface area contributed by atoms with Crippen molar-refractivity contribution in [3.05, 3.63) is 29.0 Å². The number of halogens is 1. The van der Waals surface area contributed by atoms with Crippen LogP contribution in [0.5, 0.6) is 0 Å². The lowest BCUT2D eigenvalue weighted by molar-refractivity contribution is 0.0904. The Balaban J connectivity index is 1.89. The van der Waals surface area contributed by atoms with Gasteiger partial charge in [-0.3, -0.25) is 9.78 Å². The zero-order chi connectivity index (χ0) is 13.7. The van der Waals surface area contributed by atoms with E-state index in [-0.39, 0.29) is 12.5 Å². The fraction of sp³-hybridized carbons (Fsp3) is 0.571. The molecule has 1 aliphatic carbocycles. The average Bonchev–Trinajstić information content (AvgIpc) is 2.45. The molecule has 1 saturated carbocycles. The molecule has 104 valence electrons. The highest BCUT2D eigenvalue weighted by molar-refractivity contribution is 6.30. The Morgan fingerprint density at radius 2 is 2.16 bits per heavy atom. The van der Waals surface area contributed by atoms with Crippen LogP contribution in [0.2, 0.25) is 5.02 Å².